The van der Waals surface area contributed by atoms with Gasteiger partial charge in [0.2, 0.25) is 6.79 Å². The second-order valence-electron chi connectivity index (χ2n) is 8.19. The van der Waals surface area contributed by atoms with Gasteiger partial charge in [-0.15, -0.1) is 0 Å². The van der Waals surface area contributed by atoms with Gasteiger partial charge in [-0.1, -0.05) is 25.5 Å². The first-order chi connectivity index (χ1) is 17.9. The Balaban J connectivity index is 1.56. The zero-order valence-corrected chi connectivity index (χ0v) is 20.2. The van der Waals surface area contributed by atoms with Gasteiger partial charge in [0, 0.05) is 11.3 Å². The quantitative estimate of drug-likeness (QED) is 0.271. The van der Waals surface area contributed by atoms with Crippen LogP contribution < -0.4 is 24.8 Å². The molecule has 0 atom stereocenters. The summed E-state index contributed by atoms with van der Waals surface area (Å²) in [5.74, 6) is -0.499. The van der Waals surface area contributed by atoms with Crippen molar-refractivity contribution in [2.45, 2.75) is 19.8 Å². The number of benzene rings is 3. The number of ether oxygens (including phenoxy) is 3. The summed E-state index contributed by atoms with van der Waals surface area (Å²) in [7, 11) is 0. The third kappa shape index (κ3) is 6.66. The molecule has 3 aromatic carbocycles. The van der Waals surface area contributed by atoms with E-state index in [9.17, 15) is 19.5 Å². The van der Waals surface area contributed by atoms with Crippen LogP contribution in [-0.2, 0) is 4.79 Å². The Hall–Kier alpha value is -4.79. The molecule has 9 nitrogen and oxygen atoms in total. The van der Waals surface area contributed by atoms with Crippen molar-refractivity contribution in [1.82, 2.24) is 5.32 Å². The molecule has 1 heterocycles. The zero-order valence-electron chi connectivity index (χ0n) is 20.2. The molecule has 190 valence electrons. The molecular formula is C28H26N2O7. The van der Waals surface area contributed by atoms with Gasteiger partial charge < -0.3 is 30.0 Å². The molecule has 37 heavy (non-hydrogen) atoms. The SMILES string of the molecule is CCCCOc1ccc(C(=O)N/C(=C/c2ccc3c(c2)OCO3)C(=O)Nc2cccc(C(=O)O)c2)cc1. The first-order valence-corrected chi connectivity index (χ1v) is 11.7. The van der Waals surface area contributed by atoms with Crippen molar-refractivity contribution in [3.63, 3.8) is 0 Å². The number of carbonyl (C=O) groups excluding carboxylic acids is 2. The lowest BCUT2D eigenvalue weighted by Gasteiger charge is -2.12. The van der Waals surface area contributed by atoms with Gasteiger partial charge in [-0.2, -0.15) is 0 Å². The molecule has 0 saturated heterocycles. The molecule has 0 radical (unpaired) electrons. The number of rotatable bonds is 10. The molecule has 3 aromatic rings. The van der Waals surface area contributed by atoms with Gasteiger partial charge in [0.25, 0.3) is 11.8 Å². The lowest BCUT2D eigenvalue weighted by Crippen LogP contribution is -2.30. The maximum atomic E-state index is 13.2. The summed E-state index contributed by atoms with van der Waals surface area (Å²) >= 11 is 0. The van der Waals surface area contributed by atoms with Crippen molar-refractivity contribution in [2.75, 3.05) is 18.7 Å². The van der Waals surface area contributed by atoms with Crippen LogP contribution in [0.5, 0.6) is 17.2 Å². The van der Waals surface area contributed by atoms with Crippen LogP contribution in [0.1, 0.15) is 46.0 Å². The minimum atomic E-state index is -1.12. The number of unbranched alkanes of at least 4 members (excludes halogenated alkanes) is 1. The van der Waals surface area contributed by atoms with E-state index in [0.29, 0.717) is 35.0 Å². The molecule has 0 aliphatic carbocycles. The number of aromatic carboxylic acids is 1. The minimum Gasteiger partial charge on any atom is -0.494 e. The van der Waals surface area contributed by atoms with Crippen LogP contribution in [0.3, 0.4) is 0 Å². The van der Waals surface area contributed by atoms with E-state index in [-0.39, 0.29) is 23.7 Å². The molecule has 1 aliphatic heterocycles. The fourth-order valence-corrected chi connectivity index (χ4v) is 3.49. The average molecular weight is 503 g/mol. The van der Waals surface area contributed by atoms with Gasteiger partial charge in [-0.05, 0) is 72.7 Å². The number of carboxylic acid groups (broad SMARTS) is 1. The molecule has 3 N–H and O–H groups in total. The van der Waals surface area contributed by atoms with Crippen LogP contribution >= 0.6 is 0 Å². The van der Waals surface area contributed by atoms with E-state index in [1.165, 1.54) is 24.3 Å². The number of carbonyl (C=O) groups is 3. The Morgan fingerprint density at radius 2 is 1.76 bits per heavy atom. The molecular weight excluding hydrogens is 476 g/mol. The second-order valence-corrected chi connectivity index (χ2v) is 8.19. The third-order valence-corrected chi connectivity index (χ3v) is 5.45. The number of hydrogen-bond acceptors (Lipinski definition) is 6. The molecule has 0 aromatic heterocycles. The van der Waals surface area contributed by atoms with Crippen molar-refractivity contribution in [1.29, 1.82) is 0 Å². The lowest BCUT2D eigenvalue weighted by molar-refractivity contribution is -0.113. The van der Waals surface area contributed by atoms with Crippen molar-refractivity contribution >= 4 is 29.5 Å². The molecule has 0 fully saturated rings. The van der Waals surface area contributed by atoms with Gasteiger partial charge in [0.1, 0.15) is 11.4 Å². The zero-order chi connectivity index (χ0) is 26.2. The maximum absolute atomic E-state index is 13.2. The highest BCUT2D eigenvalue weighted by atomic mass is 16.7. The van der Waals surface area contributed by atoms with Crippen molar-refractivity contribution < 1.29 is 33.7 Å². The molecule has 0 bridgehead atoms. The van der Waals surface area contributed by atoms with E-state index in [0.717, 1.165) is 12.8 Å². The molecule has 1 aliphatic rings. The van der Waals surface area contributed by atoms with Gasteiger partial charge >= 0.3 is 5.97 Å². The molecule has 2 amide bonds. The minimum absolute atomic E-state index is 0.0179. The summed E-state index contributed by atoms with van der Waals surface area (Å²) < 4.78 is 16.4. The van der Waals surface area contributed by atoms with Gasteiger partial charge in [0.05, 0.1) is 12.2 Å². The smallest absolute Gasteiger partial charge is 0.335 e. The van der Waals surface area contributed by atoms with Crippen LogP contribution in [0.2, 0.25) is 0 Å². The molecule has 0 spiro atoms. The largest absolute Gasteiger partial charge is 0.494 e. The lowest BCUT2D eigenvalue weighted by atomic mass is 10.1. The maximum Gasteiger partial charge on any atom is 0.335 e. The molecule has 0 saturated carbocycles. The van der Waals surface area contributed by atoms with E-state index < -0.39 is 17.8 Å². The van der Waals surface area contributed by atoms with Gasteiger partial charge in [-0.25, -0.2) is 4.79 Å². The van der Waals surface area contributed by atoms with Gasteiger partial charge in [-0.3, -0.25) is 9.59 Å². The normalized spacial score (nSPS) is 12.1. The molecule has 9 heteroatoms. The monoisotopic (exact) mass is 502 g/mol. The summed E-state index contributed by atoms with van der Waals surface area (Å²) in [6, 6.07) is 17.6. The number of amides is 2. The second kappa shape index (κ2) is 11.8. The van der Waals surface area contributed by atoms with Crippen LogP contribution in [0.15, 0.2) is 72.4 Å². The third-order valence-electron chi connectivity index (χ3n) is 5.45. The number of hydrogen-bond donors (Lipinski definition) is 3. The summed E-state index contributed by atoms with van der Waals surface area (Å²) in [4.78, 5) is 37.5. The Morgan fingerprint density at radius 1 is 0.973 bits per heavy atom. The summed E-state index contributed by atoms with van der Waals surface area (Å²) in [5, 5.41) is 14.5. The van der Waals surface area contributed by atoms with E-state index >= 15 is 0 Å². The first kappa shape index (κ1) is 25.3. The van der Waals surface area contributed by atoms with Crippen molar-refractivity contribution in [3.8, 4) is 17.2 Å². The number of fused-ring (bicyclic) bond motifs is 1. The number of anilines is 1. The standard InChI is InChI=1S/C28H26N2O7/c1-2-3-13-35-22-10-8-19(9-11-22)26(31)30-23(14-18-7-12-24-25(15-18)37-17-36-24)27(32)29-21-6-4-5-20(16-21)28(33)34/h4-12,14-16H,2-3,13,17H2,1H3,(H,29,32)(H,30,31)(H,33,34)/b23-14+. The van der Waals surface area contributed by atoms with Crippen molar-refractivity contribution in [3.05, 3.63) is 89.1 Å². The van der Waals surface area contributed by atoms with E-state index in [4.69, 9.17) is 14.2 Å². The summed E-state index contributed by atoms with van der Waals surface area (Å²) in [6.07, 6.45) is 3.45. The summed E-state index contributed by atoms with van der Waals surface area (Å²) in [6.45, 7) is 2.77. The first-order valence-electron chi connectivity index (χ1n) is 11.7. The highest BCUT2D eigenvalue weighted by molar-refractivity contribution is 6.11. The van der Waals surface area contributed by atoms with E-state index in [2.05, 4.69) is 17.6 Å². The Morgan fingerprint density at radius 3 is 2.51 bits per heavy atom. The van der Waals surface area contributed by atoms with Gasteiger partial charge in [0.15, 0.2) is 11.5 Å². The highest BCUT2D eigenvalue weighted by Gasteiger charge is 2.18. The predicted octanol–water partition coefficient (Wildman–Crippen LogP) is 4.70. The fourth-order valence-electron chi connectivity index (χ4n) is 3.49. The Kier molecular flexibility index (Phi) is 8.05. The number of nitrogens with one attached hydrogen (secondary N) is 2. The van der Waals surface area contributed by atoms with Crippen LogP contribution in [0.25, 0.3) is 6.08 Å². The summed E-state index contributed by atoms with van der Waals surface area (Å²) in [5.41, 5.74) is 1.16. The van der Waals surface area contributed by atoms with Crippen molar-refractivity contribution in [2.24, 2.45) is 0 Å². The van der Waals surface area contributed by atoms with Crippen LogP contribution in [-0.4, -0.2) is 36.3 Å². The van der Waals surface area contributed by atoms with E-state index in [1.54, 1.807) is 48.5 Å². The van der Waals surface area contributed by atoms with Crippen LogP contribution in [0, 0.1) is 0 Å². The van der Waals surface area contributed by atoms with E-state index in [1.807, 2.05) is 0 Å². The molecule has 0 unspecified atom stereocenters. The fraction of sp³-hybridized carbons (Fsp3) is 0.179. The average Bonchev–Trinajstić information content (AvgIpc) is 3.37. The Labute approximate surface area is 213 Å². The molecule has 4 rings (SSSR count). The highest BCUT2D eigenvalue weighted by Crippen LogP contribution is 2.33. The topological polar surface area (TPSA) is 123 Å². The predicted molar refractivity (Wildman–Crippen MR) is 137 cm³/mol. The Bertz CT molecular complexity index is 1330. The number of carboxylic acids is 1. The van der Waals surface area contributed by atoms with Crippen LogP contribution in [0.4, 0.5) is 5.69 Å².